The van der Waals surface area contributed by atoms with Crippen LogP contribution in [0.3, 0.4) is 0 Å². The van der Waals surface area contributed by atoms with E-state index >= 15 is 0 Å². The molecule has 0 fully saturated rings. The molecule has 0 aromatic heterocycles. The highest BCUT2D eigenvalue weighted by atomic mass is 32.2. The Labute approximate surface area is 165 Å². The topological polar surface area (TPSA) is 63.7 Å². The van der Waals surface area contributed by atoms with Crippen LogP contribution < -0.4 is 4.18 Å². The van der Waals surface area contributed by atoms with E-state index in [-0.39, 0.29) is 11.3 Å². The highest BCUT2D eigenvalue weighted by molar-refractivity contribution is 7.88. The quantitative estimate of drug-likeness (QED) is 0.338. The van der Waals surface area contributed by atoms with Crippen molar-refractivity contribution < 1.29 is 30.6 Å². The SMILES string of the molecule is CCN(CC)C(=O)c1ccc2cc(OS(=O)(=O)C(F)(F)F)c3ccccc3c2c1. The summed E-state index contributed by atoms with van der Waals surface area (Å²) in [6, 6.07) is 12.3. The Hall–Kier alpha value is -2.81. The minimum Gasteiger partial charge on any atom is -0.375 e. The normalized spacial score (nSPS) is 12.3. The molecule has 0 saturated heterocycles. The van der Waals surface area contributed by atoms with Crippen molar-refractivity contribution in [1.82, 2.24) is 4.90 Å². The average Bonchev–Trinajstić information content (AvgIpc) is 2.67. The van der Waals surface area contributed by atoms with E-state index in [2.05, 4.69) is 4.18 Å². The number of carbonyl (C=O) groups is 1. The largest absolute Gasteiger partial charge is 0.534 e. The lowest BCUT2D eigenvalue weighted by Crippen LogP contribution is -2.30. The first kappa shape index (κ1) is 20.9. The first-order valence-electron chi connectivity index (χ1n) is 8.84. The fourth-order valence-corrected chi connectivity index (χ4v) is 3.60. The molecular formula is C20H18F3NO4S. The van der Waals surface area contributed by atoms with Crippen LogP contribution in [-0.4, -0.2) is 37.8 Å². The third kappa shape index (κ3) is 3.87. The summed E-state index contributed by atoms with van der Waals surface area (Å²) in [6.07, 6.45) is 0. The van der Waals surface area contributed by atoms with Crippen LogP contribution >= 0.6 is 0 Å². The Bertz CT molecular complexity index is 1190. The highest BCUT2D eigenvalue weighted by Gasteiger charge is 2.48. The van der Waals surface area contributed by atoms with Crippen LogP contribution in [-0.2, 0) is 10.1 Å². The number of fused-ring (bicyclic) bond motifs is 3. The van der Waals surface area contributed by atoms with Gasteiger partial charge in [0.25, 0.3) is 5.91 Å². The van der Waals surface area contributed by atoms with Crippen LogP contribution in [0.2, 0.25) is 0 Å². The molecule has 154 valence electrons. The standard InChI is InChI=1S/C20H18F3NO4S/c1-3-24(4-2)19(25)14-10-9-13-12-18(28-29(26,27)20(21,22)23)16-8-6-5-7-15(16)17(13)11-14/h5-12H,3-4H2,1-2H3. The first-order valence-corrected chi connectivity index (χ1v) is 10.3. The van der Waals surface area contributed by atoms with E-state index in [9.17, 15) is 26.4 Å². The van der Waals surface area contributed by atoms with E-state index in [0.29, 0.717) is 34.8 Å². The number of amides is 1. The van der Waals surface area contributed by atoms with Crippen molar-refractivity contribution in [2.75, 3.05) is 13.1 Å². The van der Waals surface area contributed by atoms with Crippen LogP contribution in [0, 0.1) is 0 Å². The van der Waals surface area contributed by atoms with Crippen molar-refractivity contribution in [2.45, 2.75) is 19.4 Å². The maximum atomic E-state index is 12.8. The van der Waals surface area contributed by atoms with E-state index in [1.165, 1.54) is 12.1 Å². The second-order valence-corrected chi connectivity index (χ2v) is 7.85. The van der Waals surface area contributed by atoms with Crippen molar-refractivity contribution >= 4 is 37.6 Å². The summed E-state index contributed by atoms with van der Waals surface area (Å²) in [6.45, 7) is 4.80. The molecule has 0 saturated carbocycles. The van der Waals surface area contributed by atoms with Crippen LogP contribution in [0.15, 0.2) is 48.5 Å². The van der Waals surface area contributed by atoms with Crippen molar-refractivity contribution in [1.29, 1.82) is 0 Å². The monoisotopic (exact) mass is 425 g/mol. The molecular weight excluding hydrogens is 407 g/mol. The number of carbonyl (C=O) groups excluding carboxylic acids is 1. The molecule has 0 atom stereocenters. The fourth-order valence-electron chi connectivity index (χ4n) is 3.13. The van der Waals surface area contributed by atoms with E-state index in [4.69, 9.17) is 0 Å². The lowest BCUT2D eigenvalue weighted by atomic mass is 9.99. The zero-order chi connectivity index (χ0) is 21.4. The molecule has 0 aliphatic carbocycles. The van der Waals surface area contributed by atoms with E-state index in [0.717, 1.165) is 0 Å². The van der Waals surface area contributed by atoms with E-state index < -0.39 is 21.4 Å². The van der Waals surface area contributed by atoms with Crippen molar-refractivity contribution in [2.24, 2.45) is 0 Å². The highest BCUT2D eigenvalue weighted by Crippen LogP contribution is 2.37. The van der Waals surface area contributed by atoms with Crippen LogP contribution in [0.5, 0.6) is 5.75 Å². The molecule has 0 bridgehead atoms. The second kappa shape index (κ2) is 7.55. The van der Waals surface area contributed by atoms with Crippen LogP contribution in [0.4, 0.5) is 13.2 Å². The molecule has 3 aromatic rings. The lowest BCUT2D eigenvalue weighted by Gasteiger charge is -2.19. The third-order valence-electron chi connectivity index (χ3n) is 4.60. The first-order chi connectivity index (χ1) is 13.6. The molecule has 5 nitrogen and oxygen atoms in total. The second-order valence-electron chi connectivity index (χ2n) is 6.32. The van der Waals surface area contributed by atoms with Gasteiger partial charge in [-0.1, -0.05) is 30.3 Å². The summed E-state index contributed by atoms with van der Waals surface area (Å²) in [5, 5.41) is 1.73. The Kier molecular flexibility index (Phi) is 5.44. The average molecular weight is 425 g/mol. The Morgan fingerprint density at radius 2 is 1.59 bits per heavy atom. The number of alkyl halides is 3. The summed E-state index contributed by atoms with van der Waals surface area (Å²) in [5.41, 5.74) is -5.11. The lowest BCUT2D eigenvalue weighted by molar-refractivity contribution is -0.0499. The van der Waals surface area contributed by atoms with Gasteiger partial charge in [-0.25, -0.2) is 0 Å². The minimum absolute atomic E-state index is 0.166. The zero-order valence-corrected chi connectivity index (χ0v) is 16.5. The van der Waals surface area contributed by atoms with Crippen molar-refractivity contribution in [3.63, 3.8) is 0 Å². The van der Waals surface area contributed by atoms with Crippen LogP contribution in [0.25, 0.3) is 21.5 Å². The predicted octanol–water partition coefficient (Wildman–Crippen LogP) is 4.70. The van der Waals surface area contributed by atoms with Gasteiger partial charge in [-0.2, -0.15) is 21.6 Å². The van der Waals surface area contributed by atoms with E-state index in [1.807, 2.05) is 13.8 Å². The number of hydrogen-bond acceptors (Lipinski definition) is 4. The fraction of sp³-hybridized carbons (Fsp3) is 0.250. The molecule has 3 rings (SSSR count). The molecule has 0 heterocycles. The molecule has 0 aliphatic rings. The molecule has 0 N–H and O–H groups in total. The van der Waals surface area contributed by atoms with Gasteiger partial charge in [0.2, 0.25) is 0 Å². The Morgan fingerprint density at radius 3 is 2.17 bits per heavy atom. The number of hydrogen-bond donors (Lipinski definition) is 0. The number of halogens is 3. The van der Waals surface area contributed by atoms with Gasteiger partial charge in [0.1, 0.15) is 0 Å². The molecule has 9 heteroatoms. The summed E-state index contributed by atoms with van der Waals surface area (Å²) in [4.78, 5) is 14.3. The van der Waals surface area contributed by atoms with E-state index in [1.54, 1.807) is 41.3 Å². The van der Waals surface area contributed by atoms with Gasteiger partial charge >= 0.3 is 15.6 Å². The van der Waals surface area contributed by atoms with Gasteiger partial charge in [-0.05, 0) is 48.2 Å². The minimum atomic E-state index is -5.81. The van der Waals surface area contributed by atoms with Crippen molar-refractivity contribution in [3.05, 3.63) is 54.1 Å². The van der Waals surface area contributed by atoms with Gasteiger partial charge in [0, 0.05) is 24.0 Å². The third-order valence-corrected chi connectivity index (χ3v) is 5.57. The molecule has 0 spiro atoms. The van der Waals surface area contributed by atoms with Crippen molar-refractivity contribution in [3.8, 4) is 5.75 Å². The molecule has 0 aliphatic heterocycles. The number of rotatable bonds is 5. The molecule has 29 heavy (non-hydrogen) atoms. The Balaban J connectivity index is 2.21. The molecule has 0 radical (unpaired) electrons. The number of benzene rings is 3. The summed E-state index contributed by atoms with van der Waals surface area (Å²) in [5.74, 6) is -0.589. The number of nitrogens with zero attached hydrogens (tertiary/aromatic N) is 1. The van der Waals surface area contributed by atoms with Gasteiger partial charge < -0.3 is 9.08 Å². The summed E-state index contributed by atoms with van der Waals surface area (Å²) >= 11 is 0. The summed E-state index contributed by atoms with van der Waals surface area (Å²) in [7, 11) is -5.81. The van der Waals surface area contributed by atoms with Gasteiger partial charge in [0.15, 0.2) is 5.75 Å². The van der Waals surface area contributed by atoms with Gasteiger partial charge in [-0.15, -0.1) is 0 Å². The summed E-state index contributed by atoms with van der Waals surface area (Å²) < 4.78 is 65.7. The predicted molar refractivity (Wildman–Crippen MR) is 104 cm³/mol. The van der Waals surface area contributed by atoms with Gasteiger partial charge in [0.05, 0.1) is 0 Å². The van der Waals surface area contributed by atoms with Gasteiger partial charge in [-0.3, -0.25) is 4.79 Å². The van der Waals surface area contributed by atoms with Crippen LogP contribution in [0.1, 0.15) is 24.2 Å². The smallest absolute Gasteiger partial charge is 0.375 e. The molecule has 0 unspecified atom stereocenters. The zero-order valence-electron chi connectivity index (χ0n) is 15.7. The Morgan fingerprint density at radius 1 is 0.966 bits per heavy atom. The maximum absolute atomic E-state index is 12.8. The maximum Gasteiger partial charge on any atom is 0.534 e. The molecule has 1 amide bonds. The molecule has 3 aromatic carbocycles.